The van der Waals surface area contributed by atoms with Crippen LogP contribution in [0.1, 0.15) is 72.6 Å². The molecule has 0 saturated carbocycles. The number of ketones is 1. The van der Waals surface area contributed by atoms with Gasteiger partial charge in [0, 0.05) is 36.9 Å². The first-order valence-electron chi connectivity index (χ1n) is 9.48. The summed E-state index contributed by atoms with van der Waals surface area (Å²) in [5, 5.41) is 0. The van der Waals surface area contributed by atoms with E-state index in [9.17, 15) is 9.59 Å². The van der Waals surface area contributed by atoms with E-state index in [2.05, 4.69) is 30.8 Å². The highest BCUT2D eigenvalue weighted by Gasteiger charge is 2.28. The first-order valence-corrected chi connectivity index (χ1v) is 9.48. The van der Waals surface area contributed by atoms with Crippen molar-refractivity contribution in [1.82, 2.24) is 14.8 Å². The van der Waals surface area contributed by atoms with Gasteiger partial charge >= 0.3 is 0 Å². The molecule has 0 aliphatic carbocycles. The maximum atomic E-state index is 13.0. The zero-order valence-electron chi connectivity index (χ0n) is 16.6. The number of hydrogen-bond acceptors (Lipinski definition) is 3. The topological polar surface area (TPSA) is 56.4 Å². The Balaban J connectivity index is 2.06. The van der Waals surface area contributed by atoms with E-state index in [1.54, 1.807) is 6.92 Å². The van der Waals surface area contributed by atoms with Gasteiger partial charge in [0.2, 0.25) is 0 Å². The third-order valence-electron chi connectivity index (χ3n) is 5.54. The monoisotopic (exact) mass is 347 g/mol. The van der Waals surface area contributed by atoms with Crippen molar-refractivity contribution in [2.45, 2.75) is 59.9 Å². The molecule has 1 aliphatic heterocycles. The van der Waals surface area contributed by atoms with E-state index in [1.807, 2.05) is 18.7 Å². The summed E-state index contributed by atoms with van der Waals surface area (Å²) in [4.78, 5) is 32.4. The van der Waals surface area contributed by atoms with Gasteiger partial charge in [0.05, 0.1) is 0 Å². The zero-order chi connectivity index (χ0) is 18.7. The highest BCUT2D eigenvalue weighted by Crippen LogP contribution is 2.25. The van der Waals surface area contributed by atoms with Crippen molar-refractivity contribution in [2.24, 2.45) is 5.92 Å². The lowest BCUT2D eigenvalue weighted by Gasteiger charge is -2.35. The molecule has 1 aromatic heterocycles. The van der Waals surface area contributed by atoms with Crippen molar-refractivity contribution in [1.29, 1.82) is 0 Å². The van der Waals surface area contributed by atoms with Gasteiger partial charge in [-0.25, -0.2) is 0 Å². The standard InChI is InChI=1S/C20H33N3O2/c1-7-17-18(15(5)24)14(4)21-19(17)20(25)23-10-8-16(9-11-23)12-22(6)13(2)3/h13,16,21H,7-12H2,1-6H3. The van der Waals surface area contributed by atoms with Gasteiger partial charge in [-0.05, 0) is 65.5 Å². The van der Waals surface area contributed by atoms with E-state index in [0.717, 1.165) is 43.7 Å². The molecular formula is C20H33N3O2. The summed E-state index contributed by atoms with van der Waals surface area (Å²) in [6.07, 6.45) is 2.78. The minimum absolute atomic E-state index is 0.0279. The minimum Gasteiger partial charge on any atom is -0.354 e. The van der Waals surface area contributed by atoms with Crippen molar-refractivity contribution in [3.05, 3.63) is 22.5 Å². The molecule has 140 valence electrons. The Hall–Kier alpha value is -1.62. The number of H-pyrrole nitrogens is 1. The summed E-state index contributed by atoms with van der Waals surface area (Å²) in [5.41, 5.74) is 2.99. The van der Waals surface area contributed by atoms with Crippen molar-refractivity contribution in [3.8, 4) is 0 Å². The first-order chi connectivity index (χ1) is 11.8. The van der Waals surface area contributed by atoms with Crippen LogP contribution in [-0.2, 0) is 6.42 Å². The molecule has 25 heavy (non-hydrogen) atoms. The summed E-state index contributed by atoms with van der Waals surface area (Å²) in [7, 11) is 2.17. The summed E-state index contributed by atoms with van der Waals surface area (Å²) < 4.78 is 0. The Morgan fingerprint density at radius 2 is 1.88 bits per heavy atom. The number of aromatic amines is 1. The molecule has 2 rings (SSSR count). The number of Topliss-reactive ketones (excluding diaryl/α,β-unsaturated/α-hetero) is 1. The second-order valence-corrected chi connectivity index (χ2v) is 7.66. The normalized spacial score (nSPS) is 16.1. The average molecular weight is 348 g/mol. The van der Waals surface area contributed by atoms with Gasteiger partial charge in [0.15, 0.2) is 5.78 Å². The maximum absolute atomic E-state index is 13.0. The van der Waals surface area contributed by atoms with Crippen LogP contribution < -0.4 is 0 Å². The van der Waals surface area contributed by atoms with Crippen LogP contribution >= 0.6 is 0 Å². The number of likely N-dealkylation sites (tertiary alicyclic amines) is 1. The largest absolute Gasteiger partial charge is 0.354 e. The Morgan fingerprint density at radius 3 is 2.36 bits per heavy atom. The van der Waals surface area contributed by atoms with Gasteiger partial charge in [0.1, 0.15) is 5.69 Å². The van der Waals surface area contributed by atoms with Crippen molar-refractivity contribution < 1.29 is 9.59 Å². The summed E-state index contributed by atoms with van der Waals surface area (Å²) in [6, 6.07) is 0.554. The lowest BCUT2D eigenvalue weighted by molar-refractivity contribution is 0.0660. The summed E-state index contributed by atoms with van der Waals surface area (Å²) in [5.74, 6) is 0.725. The van der Waals surface area contributed by atoms with Gasteiger partial charge in [-0.15, -0.1) is 0 Å². The molecule has 0 unspecified atom stereocenters. The molecular weight excluding hydrogens is 314 g/mol. The van der Waals surface area contributed by atoms with Crippen LogP contribution in [0.3, 0.4) is 0 Å². The molecule has 0 radical (unpaired) electrons. The fourth-order valence-electron chi connectivity index (χ4n) is 3.78. The predicted molar refractivity (Wildman–Crippen MR) is 101 cm³/mol. The number of carbonyl (C=O) groups is 2. The molecule has 1 saturated heterocycles. The van der Waals surface area contributed by atoms with E-state index in [1.165, 1.54) is 0 Å². The lowest BCUT2D eigenvalue weighted by atomic mass is 9.95. The van der Waals surface area contributed by atoms with Crippen molar-refractivity contribution >= 4 is 11.7 Å². The van der Waals surface area contributed by atoms with Crippen LogP contribution in [0.25, 0.3) is 0 Å². The van der Waals surface area contributed by atoms with Gasteiger partial charge < -0.3 is 14.8 Å². The number of aryl methyl sites for hydroxylation is 1. The van der Waals surface area contributed by atoms with E-state index in [0.29, 0.717) is 29.6 Å². The molecule has 0 atom stereocenters. The summed E-state index contributed by atoms with van der Waals surface area (Å²) >= 11 is 0. The fraction of sp³-hybridized carbons (Fsp3) is 0.700. The Morgan fingerprint density at radius 1 is 1.28 bits per heavy atom. The van der Waals surface area contributed by atoms with Crippen molar-refractivity contribution in [3.63, 3.8) is 0 Å². The second kappa shape index (κ2) is 8.17. The number of carbonyl (C=O) groups excluding carboxylic acids is 2. The zero-order valence-corrected chi connectivity index (χ0v) is 16.6. The first kappa shape index (κ1) is 19.7. The maximum Gasteiger partial charge on any atom is 0.270 e. The van der Waals surface area contributed by atoms with Gasteiger partial charge in [-0.1, -0.05) is 6.92 Å². The van der Waals surface area contributed by atoms with E-state index < -0.39 is 0 Å². The predicted octanol–water partition coefficient (Wildman–Crippen LogP) is 3.28. The number of nitrogens with one attached hydrogen (secondary N) is 1. The van der Waals surface area contributed by atoms with Crippen LogP contribution in [0.5, 0.6) is 0 Å². The van der Waals surface area contributed by atoms with Crippen LogP contribution in [0.15, 0.2) is 0 Å². The van der Waals surface area contributed by atoms with Crippen LogP contribution in [0.4, 0.5) is 0 Å². The number of amides is 1. The smallest absolute Gasteiger partial charge is 0.270 e. The van der Waals surface area contributed by atoms with E-state index in [4.69, 9.17) is 0 Å². The highest BCUT2D eigenvalue weighted by atomic mass is 16.2. The molecule has 5 heteroatoms. The molecule has 5 nitrogen and oxygen atoms in total. The number of piperidine rings is 1. The van der Waals surface area contributed by atoms with E-state index >= 15 is 0 Å². The average Bonchev–Trinajstić information content (AvgIpc) is 2.91. The fourth-order valence-corrected chi connectivity index (χ4v) is 3.78. The molecule has 1 aromatic rings. The third-order valence-corrected chi connectivity index (χ3v) is 5.54. The molecule has 0 aromatic carbocycles. The Bertz CT molecular complexity index is 625. The SMILES string of the molecule is CCc1c(C(=O)N2CCC(CN(C)C(C)C)CC2)[nH]c(C)c1C(C)=O. The van der Waals surface area contributed by atoms with Crippen LogP contribution in [-0.4, -0.2) is 59.2 Å². The third kappa shape index (κ3) is 4.32. The number of aromatic nitrogens is 1. The number of rotatable bonds is 6. The molecule has 0 spiro atoms. The summed E-state index contributed by atoms with van der Waals surface area (Å²) in [6.45, 7) is 12.6. The minimum atomic E-state index is 0.0279. The highest BCUT2D eigenvalue weighted by molar-refractivity contribution is 6.02. The molecule has 1 fully saturated rings. The Labute approximate surface area is 151 Å². The Kier molecular flexibility index (Phi) is 6.44. The number of hydrogen-bond donors (Lipinski definition) is 1. The molecule has 0 bridgehead atoms. The van der Waals surface area contributed by atoms with Crippen LogP contribution in [0.2, 0.25) is 0 Å². The number of nitrogens with zero attached hydrogens (tertiary/aromatic N) is 2. The quantitative estimate of drug-likeness (QED) is 0.804. The molecule has 2 heterocycles. The second-order valence-electron chi connectivity index (χ2n) is 7.66. The molecule has 1 amide bonds. The van der Waals surface area contributed by atoms with Gasteiger partial charge in [0.25, 0.3) is 5.91 Å². The van der Waals surface area contributed by atoms with Gasteiger partial charge in [-0.2, -0.15) is 0 Å². The van der Waals surface area contributed by atoms with Gasteiger partial charge in [-0.3, -0.25) is 9.59 Å². The molecule has 1 N–H and O–H groups in total. The van der Waals surface area contributed by atoms with E-state index in [-0.39, 0.29) is 11.7 Å². The molecule has 1 aliphatic rings. The van der Waals surface area contributed by atoms with Crippen molar-refractivity contribution in [2.75, 3.05) is 26.7 Å². The van der Waals surface area contributed by atoms with Crippen LogP contribution in [0, 0.1) is 12.8 Å². The lowest BCUT2D eigenvalue weighted by Crippen LogP contribution is -2.42.